The van der Waals surface area contributed by atoms with Crippen LogP contribution in [-0.2, 0) is 6.42 Å². The molecule has 15 heavy (non-hydrogen) atoms. The molecule has 1 heteroatoms. The minimum Gasteiger partial charge on any atom is -0.261 e. The van der Waals surface area contributed by atoms with E-state index in [0.29, 0.717) is 0 Å². The second kappa shape index (κ2) is 4.26. The Kier molecular flexibility index (Phi) is 2.82. The van der Waals surface area contributed by atoms with Gasteiger partial charge >= 0.3 is 0 Å². The lowest BCUT2D eigenvalue weighted by Crippen LogP contribution is -1.88. The predicted molar refractivity (Wildman–Crippen MR) is 63.8 cm³/mol. The van der Waals surface area contributed by atoms with E-state index in [4.69, 9.17) is 0 Å². The molecule has 0 N–H and O–H groups in total. The summed E-state index contributed by atoms with van der Waals surface area (Å²) < 4.78 is 0. The van der Waals surface area contributed by atoms with Crippen molar-refractivity contribution in [2.24, 2.45) is 0 Å². The van der Waals surface area contributed by atoms with Crippen LogP contribution in [0.5, 0.6) is 0 Å². The van der Waals surface area contributed by atoms with Gasteiger partial charge < -0.3 is 0 Å². The van der Waals surface area contributed by atoms with E-state index in [1.165, 1.54) is 16.7 Å². The van der Waals surface area contributed by atoms with Crippen molar-refractivity contribution in [3.8, 4) is 11.1 Å². The molecule has 0 saturated carbocycles. The number of benzene rings is 1. The molecule has 0 bridgehead atoms. The quantitative estimate of drug-likeness (QED) is 0.716. The van der Waals surface area contributed by atoms with Gasteiger partial charge in [-0.05, 0) is 30.5 Å². The van der Waals surface area contributed by atoms with Crippen molar-refractivity contribution in [2.45, 2.75) is 20.3 Å². The van der Waals surface area contributed by atoms with E-state index in [1.54, 1.807) is 0 Å². The molecule has 0 radical (unpaired) electrons. The smallest absolute Gasteiger partial charge is 0.0401 e. The molecule has 0 aliphatic carbocycles. The fourth-order valence-electron chi connectivity index (χ4n) is 1.69. The maximum absolute atomic E-state index is 4.41. The van der Waals surface area contributed by atoms with Gasteiger partial charge in [-0.3, -0.25) is 4.98 Å². The lowest BCUT2D eigenvalue weighted by atomic mass is 10.0. The number of rotatable bonds is 2. The molecule has 76 valence electrons. The first kappa shape index (κ1) is 9.91. The van der Waals surface area contributed by atoms with Crippen molar-refractivity contribution in [3.63, 3.8) is 0 Å². The molecule has 0 fully saturated rings. The zero-order chi connectivity index (χ0) is 10.7. The number of aromatic nitrogens is 1. The lowest BCUT2D eigenvalue weighted by Gasteiger charge is -2.05. The summed E-state index contributed by atoms with van der Waals surface area (Å²) in [4.78, 5) is 4.41. The van der Waals surface area contributed by atoms with Gasteiger partial charge in [-0.2, -0.15) is 0 Å². The van der Waals surface area contributed by atoms with Crippen LogP contribution in [0.2, 0.25) is 0 Å². The van der Waals surface area contributed by atoms with Crippen LogP contribution in [0.1, 0.15) is 18.2 Å². The monoisotopic (exact) mass is 197 g/mol. The van der Waals surface area contributed by atoms with Crippen molar-refractivity contribution in [1.29, 1.82) is 0 Å². The Morgan fingerprint density at radius 2 is 1.87 bits per heavy atom. The van der Waals surface area contributed by atoms with Gasteiger partial charge in [0.1, 0.15) is 0 Å². The maximum Gasteiger partial charge on any atom is 0.0401 e. The van der Waals surface area contributed by atoms with Crippen LogP contribution in [0.15, 0.2) is 42.6 Å². The van der Waals surface area contributed by atoms with Gasteiger partial charge in [-0.25, -0.2) is 0 Å². The number of nitrogens with zero attached hydrogens (tertiary/aromatic N) is 1. The Bertz CT molecular complexity index is 443. The SMILES string of the molecule is CCc1ccc(-c2ccccc2C)cn1. The molecule has 0 unspecified atom stereocenters. The lowest BCUT2D eigenvalue weighted by molar-refractivity contribution is 1.04. The molecule has 0 saturated heterocycles. The van der Waals surface area contributed by atoms with Gasteiger partial charge in [0.25, 0.3) is 0 Å². The minimum absolute atomic E-state index is 0.994. The normalized spacial score (nSPS) is 10.3. The van der Waals surface area contributed by atoms with Crippen LogP contribution in [0.3, 0.4) is 0 Å². The number of hydrogen-bond acceptors (Lipinski definition) is 1. The molecule has 2 rings (SSSR count). The van der Waals surface area contributed by atoms with E-state index < -0.39 is 0 Å². The Morgan fingerprint density at radius 1 is 1.07 bits per heavy atom. The highest BCUT2D eigenvalue weighted by Gasteiger charge is 2.00. The molecule has 0 aliphatic heterocycles. The second-order valence-corrected chi connectivity index (χ2v) is 3.71. The van der Waals surface area contributed by atoms with Crippen LogP contribution in [0.25, 0.3) is 11.1 Å². The summed E-state index contributed by atoms with van der Waals surface area (Å²) in [6.07, 6.45) is 2.95. The summed E-state index contributed by atoms with van der Waals surface area (Å²) in [6.45, 7) is 4.25. The fourth-order valence-corrected chi connectivity index (χ4v) is 1.69. The fraction of sp³-hybridized carbons (Fsp3) is 0.214. The van der Waals surface area contributed by atoms with Gasteiger partial charge in [-0.1, -0.05) is 37.3 Å². The van der Waals surface area contributed by atoms with E-state index in [9.17, 15) is 0 Å². The summed E-state index contributed by atoms with van der Waals surface area (Å²) in [7, 11) is 0. The van der Waals surface area contributed by atoms with E-state index in [2.05, 4.69) is 55.2 Å². The molecule has 1 nitrogen and oxygen atoms in total. The van der Waals surface area contributed by atoms with Crippen LogP contribution >= 0.6 is 0 Å². The van der Waals surface area contributed by atoms with Gasteiger partial charge in [-0.15, -0.1) is 0 Å². The van der Waals surface area contributed by atoms with Gasteiger partial charge in [0, 0.05) is 17.5 Å². The molecule has 0 amide bonds. The third-order valence-electron chi connectivity index (χ3n) is 2.64. The van der Waals surface area contributed by atoms with Crippen molar-refractivity contribution in [1.82, 2.24) is 4.98 Å². The van der Waals surface area contributed by atoms with Crippen molar-refractivity contribution in [3.05, 3.63) is 53.9 Å². The molecule has 1 aromatic carbocycles. The van der Waals surface area contributed by atoms with Crippen LogP contribution in [0, 0.1) is 6.92 Å². The molecule has 1 heterocycles. The third kappa shape index (κ3) is 2.07. The molecule has 1 aromatic heterocycles. The average Bonchev–Trinajstić information content (AvgIpc) is 2.30. The van der Waals surface area contributed by atoms with Gasteiger partial charge in [0.15, 0.2) is 0 Å². The van der Waals surface area contributed by atoms with Crippen LogP contribution < -0.4 is 0 Å². The predicted octanol–water partition coefficient (Wildman–Crippen LogP) is 3.62. The molecule has 0 atom stereocenters. The summed E-state index contributed by atoms with van der Waals surface area (Å²) >= 11 is 0. The van der Waals surface area contributed by atoms with Crippen molar-refractivity contribution >= 4 is 0 Å². The highest BCUT2D eigenvalue weighted by atomic mass is 14.7. The largest absolute Gasteiger partial charge is 0.261 e. The second-order valence-electron chi connectivity index (χ2n) is 3.71. The maximum atomic E-state index is 4.41. The van der Waals surface area contributed by atoms with E-state index >= 15 is 0 Å². The molecular weight excluding hydrogens is 182 g/mol. The Morgan fingerprint density at radius 3 is 2.47 bits per heavy atom. The summed E-state index contributed by atoms with van der Waals surface area (Å²) in [5, 5.41) is 0. The highest BCUT2D eigenvalue weighted by molar-refractivity contribution is 5.66. The number of hydrogen-bond donors (Lipinski definition) is 0. The summed E-state index contributed by atoms with van der Waals surface area (Å²) in [6, 6.07) is 12.6. The number of pyridine rings is 1. The zero-order valence-corrected chi connectivity index (χ0v) is 9.20. The first-order valence-corrected chi connectivity index (χ1v) is 5.32. The van der Waals surface area contributed by atoms with Gasteiger partial charge in [0.05, 0.1) is 0 Å². The van der Waals surface area contributed by atoms with Crippen molar-refractivity contribution in [2.75, 3.05) is 0 Å². The number of aryl methyl sites for hydroxylation is 2. The Hall–Kier alpha value is -1.63. The Balaban J connectivity index is 2.42. The Labute approximate surface area is 90.8 Å². The first-order valence-electron chi connectivity index (χ1n) is 5.32. The molecule has 0 spiro atoms. The average molecular weight is 197 g/mol. The van der Waals surface area contributed by atoms with E-state index in [1.807, 2.05) is 6.20 Å². The zero-order valence-electron chi connectivity index (χ0n) is 9.20. The summed E-state index contributed by atoms with van der Waals surface area (Å²) in [5.41, 5.74) is 4.91. The molecule has 0 aliphatic rings. The van der Waals surface area contributed by atoms with Gasteiger partial charge in [0.2, 0.25) is 0 Å². The van der Waals surface area contributed by atoms with Crippen LogP contribution in [-0.4, -0.2) is 4.98 Å². The topological polar surface area (TPSA) is 12.9 Å². The molecular formula is C14H15N. The highest BCUT2D eigenvalue weighted by Crippen LogP contribution is 2.22. The van der Waals surface area contributed by atoms with E-state index in [-0.39, 0.29) is 0 Å². The minimum atomic E-state index is 0.994. The van der Waals surface area contributed by atoms with Crippen molar-refractivity contribution < 1.29 is 0 Å². The third-order valence-corrected chi connectivity index (χ3v) is 2.64. The standard InChI is InChI=1S/C14H15N/c1-3-13-9-8-12(10-15-13)14-7-5-4-6-11(14)2/h4-10H,3H2,1-2H3. The van der Waals surface area contributed by atoms with E-state index in [0.717, 1.165) is 12.1 Å². The summed E-state index contributed by atoms with van der Waals surface area (Å²) in [5.74, 6) is 0. The molecule has 2 aromatic rings. The van der Waals surface area contributed by atoms with Crippen LogP contribution in [0.4, 0.5) is 0 Å². The first-order chi connectivity index (χ1) is 7.31.